The minimum Gasteiger partial charge on any atom is -0.479 e. The van der Waals surface area contributed by atoms with E-state index in [1.807, 2.05) is 35.2 Å². The van der Waals surface area contributed by atoms with Crippen molar-refractivity contribution in [2.45, 2.75) is 38.7 Å². The predicted molar refractivity (Wildman–Crippen MR) is 113 cm³/mol. The highest BCUT2D eigenvalue weighted by molar-refractivity contribution is 6.03. The van der Waals surface area contributed by atoms with Gasteiger partial charge in [0.05, 0.1) is 5.69 Å². The molecule has 1 fully saturated rings. The van der Waals surface area contributed by atoms with Crippen LogP contribution in [-0.2, 0) is 16.0 Å². The van der Waals surface area contributed by atoms with Crippen molar-refractivity contribution in [3.8, 4) is 5.75 Å². The van der Waals surface area contributed by atoms with Crippen molar-refractivity contribution >= 4 is 17.5 Å². The first-order valence-corrected chi connectivity index (χ1v) is 10.5. The second-order valence-electron chi connectivity index (χ2n) is 8.00. The maximum Gasteiger partial charge on any atom is 0.268 e. The Bertz CT molecular complexity index is 859. The first kappa shape index (κ1) is 19.5. The van der Waals surface area contributed by atoms with Crippen LogP contribution in [0.4, 0.5) is 5.69 Å². The number of hydrogen-bond donors (Lipinski definition) is 0. The summed E-state index contributed by atoms with van der Waals surface area (Å²) in [7, 11) is 0. The number of carbonyl (C=O) groups is 2. The quantitative estimate of drug-likeness (QED) is 0.780. The normalized spacial score (nSPS) is 19.6. The van der Waals surface area contributed by atoms with Crippen molar-refractivity contribution in [2.75, 3.05) is 24.5 Å². The Morgan fingerprint density at radius 2 is 1.72 bits per heavy atom. The van der Waals surface area contributed by atoms with Gasteiger partial charge in [-0.1, -0.05) is 42.5 Å². The van der Waals surface area contributed by atoms with Crippen LogP contribution < -0.4 is 9.64 Å². The van der Waals surface area contributed by atoms with E-state index in [9.17, 15) is 9.59 Å². The summed E-state index contributed by atoms with van der Waals surface area (Å²) < 4.78 is 5.66. The first-order chi connectivity index (χ1) is 14.1. The van der Waals surface area contributed by atoms with Gasteiger partial charge in [0.15, 0.2) is 6.10 Å². The molecule has 0 radical (unpaired) electrons. The maximum absolute atomic E-state index is 12.9. The number of aryl methyl sites for hydroxylation is 1. The smallest absolute Gasteiger partial charge is 0.268 e. The van der Waals surface area contributed by atoms with E-state index in [-0.39, 0.29) is 18.4 Å². The van der Waals surface area contributed by atoms with Crippen LogP contribution in [0.5, 0.6) is 5.75 Å². The molecule has 2 aliphatic rings. The van der Waals surface area contributed by atoms with Crippen molar-refractivity contribution in [1.29, 1.82) is 0 Å². The standard InChI is InChI=1S/C24H28N2O3/c1-18-24(28)26(21-9-5-6-10-22(21)29-18)17-23(27)25-15-13-20(14-16-25)12-11-19-7-3-2-4-8-19/h2-10,18,20H,11-17H2,1H3. The highest BCUT2D eigenvalue weighted by Crippen LogP contribution is 2.33. The van der Waals surface area contributed by atoms with E-state index in [0.29, 0.717) is 17.4 Å². The number of ether oxygens (including phenoxy) is 1. The van der Waals surface area contributed by atoms with Crippen LogP contribution in [0.1, 0.15) is 31.7 Å². The van der Waals surface area contributed by atoms with Crippen LogP contribution >= 0.6 is 0 Å². The second-order valence-corrected chi connectivity index (χ2v) is 8.00. The molecular weight excluding hydrogens is 364 g/mol. The number of piperidine rings is 1. The number of benzene rings is 2. The van der Waals surface area contributed by atoms with Crippen molar-refractivity contribution < 1.29 is 14.3 Å². The molecule has 5 nitrogen and oxygen atoms in total. The Labute approximate surface area is 172 Å². The highest BCUT2D eigenvalue weighted by Gasteiger charge is 2.34. The number of fused-ring (bicyclic) bond motifs is 1. The molecule has 0 bridgehead atoms. The molecule has 29 heavy (non-hydrogen) atoms. The molecule has 0 aliphatic carbocycles. The van der Waals surface area contributed by atoms with E-state index < -0.39 is 6.10 Å². The summed E-state index contributed by atoms with van der Waals surface area (Å²) in [5.74, 6) is 1.18. The Hall–Kier alpha value is -2.82. The van der Waals surface area contributed by atoms with E-state index in [1.54, 1.807) is 11.8 Å². The van der Waals surface area contributed by atoms with E-state index in [0.717, 1.165) is 32.4 Å². The zero-order valence-electron chi connectivity index (χ0n) is 16.9. The lowest BCUT2D eigenvalue weighted by molar-refractivity contribution is -0.134. The lowest BCUT2D eigenvalue weighted by Crippen LogP contribution is -2.50. The summed E-state index contributed by atoms with van der Waals surface area (Å²) in [6, 6.07) is 18.0. The van der Waals surface area contributed by atoms with Crippen molar-refractivity contribution in [1.82, 2.24) is 4.90 Å². The van der Waals surface area contributed by atoms with Gasteiger partial charge in [-0.3, -0.25) is 14.5 Å². The van der Waals surface area contributed by atoms with Crippen LogP contribution in [-0.4, -0.2) is 42.5 Å². The molecular formula is C24H28N2O3. The van der Waals surface area contributed by atoms with Gasteiger partial charge in [0, 0.05) is 13.1 Å². The number of rotatable bonds is 5. The molecule has 2 amide bonds. The zero-order valence-corrected chi connectivity index (χ0v) is 16.9. The van der Waals surface area contributed by atoms with Gasteiger partial charge in [0.1, 0.15) is 12.3 Å². The van der Waals surface area contributed by atoms with Gasteiger partial charge >= 0.3 is 0 Å². The number of anilines is 1. The molecule has 2 heterocycles. The monoisotopic (exact) mass is 392 g/mol. The summed E-state index contributed by atoms with van der Waals surface area (Å²) >= 11 is 0. The van der Waals surface area contributed by atoms with Crippen LogP contribution in [0.15, 0.2) is 54.6 Å². The molecule has 1 saturated heterocycles. The summed E-state index contributed by atoms with van der Waals surface area (Å²) in [6.45, 7) is 3.36. The SMILES string of the molecule is CC1Oc2ccccc2N(CC(=O)N2CCC(CCc3ccccc3)CC2)C1=O. The molecule has 0 saturated carbocycles. The third kappa shape index (κ3) is 4.44. The first-order valence-electron chi connectivity index (χ1n) is 10.5. The Morgan fingerprint density at radius 1 is 1.03 bits per heavy atom. The topological polar surface area (TPSA) is 49.9 Å². The molecule has 0 spiro atoms. The van der Waals surface area contributed by atoms with Crippen LogP contribution in [0.25, 0.3) is 0 Å². The molecule has 0 N–H and O–H groups in total. The molecule has 152 valence electrons. The summed E-state index contributed by atoms with van der Waals surface area (Å²) in [6.07, 6.45) is 3.75. The van der Waals surface area contributed by atoms with Crippen molar-refractivity contribution in [2.24, 2.45) is 5.92 Å². The summed E-state index contributed by atoms with van der Waals surface area (Å²) in [5.41, 5.74) is 2.06. The van der Waals surface area contributed by atoms with E-state index in [1.165, 1.54) is 12.0 Å². The number of likely N-dealkylation sites (tertiary alicyclic amines) is 1. The predicted octanol–water partition coefficient (Wildman–Crippen LogP) is 3.67. The zero-order chi connectivity index (χ0) is 20.2. The van der Waals surface area contributed by atoms with Crippen LogP contribution in [0.2, 0.25) is 0 Å². The lowest BCUT2D eigenvalue weighted by Gasteiger charge is -2.36. The minimum atomic E-state index is -0.568. The Kier molecular flexibility index (Phi) is 5.84. The number of hydrogen-bond acceptors (Lipinski definition) is 3. The Balaban J connectivity index is 1.31. The number of carbonyl (C=O) groups excluding carboxylic acids is 2. The molecule has 4 rings (SSSR count). The van der Waals surface area contributed by atoms with Gasteiger partial charge in [-0.2, -0.15) is 0 Å². The van der Waals surface area contributed by atoms with Gasteiger partial charge in [-0.15, -0.1) is 0 Å². The fourth-order valence-corrected chi connectivity index (χ4v) is 4.24. The van der Waals surface area contributed by atoms with E-state index in [4.69, 9.17) is 4.74 Å². The molecule has 5 heteroatoms. The van der Waals surface area contributed by atoms with Gasteiger partial charge in [0.2, 0.25) is 5.91 Å². The fourth-order valence-electron chi connectivity index (χ4n) is 4.24. The third-order valence-corrected chi connectivity index (χ3v) is 6.02. The summed E-state index contributed by atoms with van der Waals surface area (Å²) in [5, 5.41) is 0. The van der Waals surface area contributed by atoms with Gasteiger partial charge in [0.25, 0.3) is 5.91 Å². The number of nitrogens with zero attached hydrogens (tertiary/aromatic N) is 2. The third-order valence-electron chi connectivity index (χ3n) is 6.02. The molecule has 1 atom stereocenters. The van der Waals surface area contributed by atoms with Gasteiger partial charge in [-0.05, 0) is 56.2 Å². The molecule has 1 unspecified atom stereocenters. The van der Waals surface area contributed by atoms with Crippen molar-refractivity contribution in [3.05, 3.63) is 60.2 Å². The number of amides is 2. The molecule has 2 aromatic carbocycles. The van der Waals surface area contributed by atoms with Gasteiger partial charge < -0.3 is 9.64 Å². The highest BCUT2D eigenvalue weighted by atomic mass is 16.5. The summed E-state index contributed by atoms with van der Waals surface area (Å²) in [4.78, 5) is 29.0. The van der Waals surface area contributed by atoms with Crippen molar-refractivity contribution in [3.63, 3.8) is 0 Å². The average molecular weight is 392 g/mol. The largest absolute Gasteiger partial charge is 0.479 e. The van der Waals surface area contributed by atoms with Crippen LogP contribution in [0.3, 0.4) is 0 Å². The molecule has 2 aromatic rings. The van der Waals surface area contributed by atoms with Gasteiger partial charge in [-0.25, -0.2) is 0 Å². The lowest BCUT2D eigenvalue weighted by atomic mass is 9.90. The number of para-hydroxylation sites is 2. The molecule has 0 aromatic heterocycles. The molecule has 2 aliphatic heterocycles. The van der Waals surface area contributed by atoms with E-state index >= 15 is 0 Å². The average Bonchev–Trinajstić information content (AvgIpc) is 2.76. The minimum absolute atomic E-state index is 0.0174. The van der Waals surface area contributed by atoms with Crippen LogP contribution in [0, 0.1) is 5.92 Å². The Morgan fingerprint density at radius 3 is 2.48 bits per heavy atom. The fraction of sp³-hybridized carbons (Fsp3) is 0.417. The maximum atomic E-state index is 12.9. The second kappa shape index (κ2) is 8.68. The van der Waals surface area contributed by atoms with E-state index in [2.05, 4.69) is 24.3 Å².